The number of hydrogen-bond acceptors (Lipinski definition) is 5. The Balaban J connectivity index is 1.99. The number of hydrogen-bond donors (Lipinski definition) is 0. The van der Waals surface area contributed by atoms with Gasteiger partial charge < -0.3 is 9.64 Å². The number of carbonyl (C=O) groups is 2. The summed E-state index contributed by atoms with van der Waals surface area (Å²) in [6.07, 6.45) is 0.151. The van der Waals surface area contributed by atoms with Gasteiger partial charge in [0.15, 0.2) is 6.61 Å². The van der Waals surface area contributed by atoms with E-state index < -0.39 is 18.5 Å². The highest BCUT2D eigenvalue weighted by molar-refractivity contribution is 6.30. The van der Waals surface area contributed by atoms with Crippen LogP contribution in [0.3, 0.4) is 0 Å². The Morgan fingerprint density at radius 3 is 2.73 bits per heavy atom. The number of ether oxygens (including phenoxy) is 1. The molecule has 0 bridgehead atoms. The van der Waals surface area contributed by atoms with E-state index in [1.165, 1.54) is 9.58 Å². The molecule has 0 saturated carbocycles. The molecular weight excluding hydrogens is 356 g/mol. The number of anilines is 1. The number of rotatable bonds is 7. The number of nitriles is 1. The van der Waals surface area contributed by atoms with Crippen molar-refractivity contribution in [1.29, 1.82) is 5.26 Å². The third kappa shape index (κ3) is 5.33. The Bertz CT molecular complexity index is 841. The third-order valence-electron chi connectivity index (χ3n) is 3.61. The molecule has 2 aromatic rings. The number of aryl methyl sites for hydroxylation is 2. The van der Waals surface area contributed by atoms with Crippen LogP contribution in [0.15, 0.2) is 30.3 Å². The highest BCUT2D eigenvalue weighted by Gasteiger charge is 2.18. The maximum Gasteiger partial charge on any atom is 0.328 e. The van der Waals surface area contributed by atoms with Gasteiger partial charge in [-0.15, -0.1) is 0 Å². The van der Waals surface area contributed by atoms with Gasteiger partial charge in [-0.3, -0.25) is 14.3 Å². The van der Waals surface area contributed by atoms with Crippen molar-refractivity contribution in [3.05, 3.63) is 46.7 Å². The number of nitrogens with zero attached hydrogens (tertiary/aromatic N) is 4. The molecule has 0 fully saturated rings. The number of aromatic nitrogens is 2. The normalized spacial score (nSPS) is 10.2. The first-order chi connectivity index (χ1) is 12.4. The fraction of sp³-hybridized carbons (Fsp3) is 0.333. The Morgan fingerprint density at radius 1 is 1.35 bits per heavy atom. The maximum atomic E-state index is 12.5. The molecule has 0 radical (unpaired) electrons. The molecule has 0 N–H and O–H groups in total. The van der Waals surface area contributed by atoms with Gasteiger partial charge >= 0.3 is 5.97 Å². The Labute approximate surface area is 156 Å². The second-order valence-corrected chi connectivity index (χ2v) is 6.12. The molecule has 0 unspecified atom stereocenters. The average Bonchev–Trinajstić information content (AvgIpc) is 2.90. The Hall–Kier alpha value is -2.85. The lowest BCUT2D eigenvalue weighted by Gasteiger charge is -2.21. The van der Waals surface area contributed by atoms with Crippen LogP contribution in [0.4, 0.5) is 5.69 Å². The van der Waals surface area contributed by atoms with Gasteiger partial charge in [-0.05, 0) is 38.1 Å². The molecule has 0 aliphatic carbocycles. The minimum Gasteiger partial charge on any atom is -0.454 e. The van der Waals surface area contributed by atoms with Crippen molar-refractivity contribution in [2.75, 3.05) is 18.1 Å². The number of halogens is 1. The molecule has 0 aliphatic heterocycles. The average molecular weight is 375 g/mol. The molecule has 26 heavy (non-hydrogen) atoms. The summed E-state index contributed by atoms with van der Waals surface area (Å²) >= 11 is 5.96. The van der Waals surface area contributed by atoms with E-state index in [0.717, 1.165) is 11.4 Å². The topological polar surface area (TPSA) is 88.2 Å². The van der Waals surface area contributed by atoms with Crippen molar-refractivity contribution in [2.45, 2.75) is 26.8 Å². The fourth-order valence-corrected chi connectivity index (χ4v) is 2.61. The molecule has 7 nitrogen and oxygen atoms in total. The van der Waals surface area contributed by atoms with E-state index in [1.54, 1.807) is 24.3 Å². The van der Waals surface area contributed by atoms with E-state index in [-0.39, 0.29) is 19.5 Å². The van der Waals surface area contributed by atoms with E-state index in [9.17, 15) is 9.59 Å². The summed E-state index contributed by atoms with van der Waals surface area (Å²) in [6, 6.07) is 10.6. The van der Waals surface area contributed by atoms with Crippen molar-refractivity contribution in [3.8, 4) is 6.07 Å². The van der Waals surface area contributed by atoms with Crippen LogP contribution in [0.1, 0.15) is 17.8 Å². The minimum absolute atomic E-state index is 0.0671. The summed E-state index contributed by atoms with van der Waals surface area (Å²) < 4.78 is 6.60. The van der Waals surface area contributed by atoms with Gasteiger partial charge in [0, 0.05) is 22.9 Å². The van der Waals surface area contributed by atoms with Crippen LogP contribution >= 0.6 is 11.6 Å². The zero-order valence-electron chi connectivity index (χ0n) is 14.6. The van der Waals surface area contributed by atoms with Crippen LogP contribution in [0.2, 0.25) is 5.02 Å². The standard InChI is InChI=1S/C18H19ClN4O3/c1-13-9-14(2)23(21-13)11-18(25)26-12-17(24)22(8-4-7-20)16-6-3-5-15(19)10-16/h3,5-6,9-10H,4,8,11-12H2,1-2H3. The summed E-state index contributed by atoms with van der Waals surface area (Å²) in [5.74, 6) is -0.986. The molecule has 0 atom stereocenters. The molecule has 1 aromatic heterocycles. The number of carbonyl (C=O) groups excluding carboxylic acids is 2. The predicted octanol–water partition coefficient (Wildman–Crippen LogP) is 2.64. The van der Waals surface area contributed by atoms with Crippen molar-refractivity contribution in [2.24, 2.45) is 0 Å². The summed E-state index contributed by atoms with van der Waals surface area (Å²) in [7, 11) is 0. The lowest BCUT2D eigenvalue weighted by molar-refractivity contribution is -0.148. The maximum absolute atomic E-state index is 12.5. The predicted molar refractivity (Wildman–Crippen MR) is 96.7 cm³/mol. The lowest BCUT2D eigenvalue weighted by Crippen LogP contribution is -2.36. The van der Waals surface area contributed by atoms with Crippen molar-refractivity contribution >= 4 is 29.2 Å². The first-order valence-corrected chi connectivity index (χ1v) is 8.38. The van der Waals surface area contributed by atoms with Gasteiger partial charge in [0.25, 0.3) is 5.91 Å². The van der Waals surface area contributed by atoms with E-state index in [1.807, 2.05) is 26.0 Å². The van der Waals surface area contributed by atoms with Gasteiger partial charge in [0.1, 0.15) is 6.54 Å². The molecule has 0 saturated heterocycles. The van der Waals surface area contributed by atoms with E-state index >= 15 is 0 Å². The number of esters is 1. The smallest absolute Gasteiger partial charge is 0.328 e. The van der Waals surface area contributed by atoms with Gasteiger partial charge in [0.05, 0.1) is 18.2 Å². The number of amides is 1. The number of benzene rings is 1. The highest BCUT2D eigenvalue weighted by Crippen LogP contribution is 2.20. The van der Waals surface area contributed by atoms with Gasteiger partial charge in [-0.25, -0.2) is 0 Å². The minimum atomic E-state index is -0.559. The second-order valence-electron chi connectivity index (χ2n) is 5.68. The van der Waals surface area contributed by atoms with E-state index in [0.29, 0.717) is 10.7 Å². The monoisotopic (exact) mass is 374 g/mol. The summed E-state index contributed by atoms with van der Waals surface area (Å²) in [5, 5.41) is 13.5. The van der Waals surface area contributed by atoms with E-state index in [4.69, 9.17) is 21.6 Å². The van der Waals surface area contributed by atoms with Crippen LogP contribution in [0, 0.1) is 25.2 Å². The molecule has 0 spiro atoms. The first-order valence-electron chi connectivity index (χ1n) is 8.00. The molecule has 1 heterocycles. The largest absolute Gasteiger partial charge is 0.454 e. The summed E-state index contributed by atoms with van der Waals surface area (Å²) in [5.41, 5.74) is 2.18. The zero-order valence-corrected chi connectivity index (χ0v) is 15.4. The second kappa shape index (κ2) is 9.02. The zero-order chi connectivity index (χ0) is 19.1. The van der Waals surface area contributed by atoms with Gasteiger partial charge in [0.2, 0.25) is 0 Å². The van der Waals surface area contributed by atoms with Gasteiger partial charge in [-0.2, -0.15) is 10.4 Å². The highest BCUT2D eigenvalue weighted by atomic mass is 35.5. The molecule has 1 amide bonds. The van der Waals surface area contributed by atoms with Crippen molar-refractivity contribution in [1.82, 2.24) is 9.78 Å². The molecule has 136 valence electrons. The summed E-state index contributed by atoms with van der Waals surface area (Å²) in [6.45, 7) is 3.36. The van der Waals surface area contributed by atoms with Crippen LogP contribution in [0.25, 0.3) is 0 Å². The SMILES string of the molecule is Cc1cc(C)n(CC(=O)OCC(=O)N(CCC#N)c2cccc(Cl)c2)n1. The van der Waals surface area contributed by atoms with Crippen LogP contribution in [-0.4, -0.2) is 34.8 Å². The third-order valence-corrected chi connectivity index (χ3v) is 3.84. The van der Waals surface area contributed by atoms with Gasteiger partial charge in [-0.1, -0.05) is 17.7 Å². The molecule has 8 heteroatoms. The first kappa shape index (κ1) is 19.5. The summed E-state index contributed by atoms with van der Waals surface area (Å²) in [4.78, 5) is 25.8. The lowest BCUT2D eigenvalue weighted by atomic mass is 10.2. The Kier molecular flexibility index (Phi) is 6.75. The fourth-order valence-electron chi connectivity index (χ4n) is 2.43. The molecule has 1 aromatic carbocycles. The van der Waals surface area contributed by atoms with E-state index in [2.05, 4.69) is 5.10 Å². The Morgan fingerprint density at radius 2 is 2.12 bits per heavy atom. The van der Waals surface area contributed by atoms with Crippen molar-refractivity contribution < 1.29 is 14.3 Å². The van der Waals surface area contributed by atoms with Crippen LogP contribution in [0.5, 0.6) is 0 Å². The van der Waals surface area contributed by atoms with Crippen LogP contribution in [-0.2, 0) is 20.9 Å². The molecule has 0 aliphatic rings. The molecular formula is C18H19ClN4O3. The molecule has 2 rings (SSSR count). The van der Waals surface area contributed by atoms with Crippen LogP contribution < -0.4 is 4.90 Å². The van der Waals surface area contributed by atoms with Crippen molar-refractivity contribution in [3.63, 3.8) is 0 Å². The quantitative estimate of drug-likeness (QED) is 0.695.